The smallest absolute Gasteiger partial charge is 0.243 e. The summed E-state index contributed by atoms with van der Waals surface area (Å²) in [6, 6.07) is 18.0. The van der Waals surface area contributed by atoms with Crippen molar-refractivity contribution in [3.05, 3.63) is 88.2 Å². The Hall–Kier alpha value is -3.29. The van der Waals surface area contributed by atoms with Crippen molar-refractivity contribution in [2.24, 2.45) is 5.92 Å². The second kappa shape index (κ2) is 10.1. The van der Waals surface area contributed by atoms with Crippen LogP contribution in [0.25, 0.3) is 0 Å². The van der Waals surface area contributed by atoms with Crippen molar-refractivity contribution < 1.29 is 18.7 Å². The summed E-state index contributed by atoms with van der Waals surface area (Å²) < 4.78 is 19.0. The first-order valence-electron chi connectivity index (χ1n) is 10.2. The number of nitrogens with one attached hydrogen (secondary N) is 2. The molecule has 0 bridgehead atoms. The normalized spacial score (nSPS) is 15.4. The van der Waals surface area contributed by atoms with E-state index in [4.69, 9.17) is 27.9 Å². The van der Waals surface area contributed by atoms with Gasteiger partial charge in [-0.25, -0.2) is 4.39 Å². The maximum Gasteiger partial charge on any atom is 0.243 e. The minimum absolute atomic E-state index is 0.0698. The Balaban J connectivity index is 1.35. The number of anilines is 2. The first-order valence-corrected chi connectivity index (χ1v) is 10.9. The Morgan fingerprint density at radius 3 is 2.58 bits per heavy atom. The summed E-state index contributed by atoms with van der Waals surface area (Å²) in [6.07, 6.45) is 0.0698. The molecule has 4 rings (SSSR count). The van der Waals surface area contributed by atoms with Crippen LogP contribution in [0.15, 0.2) is 66.7 Å². The highest BCUT2D eigenvalue weighted by Gasteiger charge is 2.35. The van der Waals surface area contributed by atoms with Gasteiger partial charge in [-0.1, -0.05) is 41.4 Å². The van der Waals surface area contributed by atoms with Crippen molar-refractivity contribution in [1.82, 2.24) is 5.43 Å². The van der Waals surface area contributed by atoms with E-state index in [1.54, 1.807) is 30.3 Å². The Labute approximate surface area is 200 Å². The van der Waals surface area contributed by atoms with E-state index in [2.05, 4.69) is 10.9 Å². The molecular formula is C24H20Cl2FN3O3. The number of rotatable bonds is 7. The summed E-state index contributed by atoms with van der Waals surface area (Å²) in [6.45, 7) is 0.473. The predicted octanol–water partition coefficient (Wildman–Crippen LogP) is 5.21. The molecule has 0 spiro atoms. The van der Waals surface area contributed by atoms with Crippen molar-refractivity contribution in [3.63, 3.8) is 0 Å². The molecule has 1 aliphatic rings. The predicted molar refractivity (Wildman–Crippen MR) is 126 cm³/mol. The molecule has 2 N–H and O–H groups in total. The molecule has 9 heteroatoms. The average molecular weight is 488 g/mol. The molecule has 0 unspecified atom stereocenters. The van der Waals surface area contributed by atoms with Gasteiger partial charge >= 0.3 is 0 Å². The van der Waals surface area contributed by atoms with Gasteiger partial charge in [-0.15, -0.1) is 0 Å². The van der Waals surface area contributed by atoms with Gasteiger partial charge in [-0.2, -0.15) is 0 Å². The van der Waals surface area contributed by atoms with Gasteiger partial charge in [0.2, 0.25) is 11.8 Å². The van der Waals surface area contributed by atoms with Crippen LogP contribution in [0.4, 0.5) is 15.8 Å². The second-order valence-corrected chi connectivity index (χ2v) is 8.34. The van der Waals surface area contributed by atoms with Crippen LogP contribution in [0.1, 0.15) is 12.0 Å². The third-order valence-corrected chi connectivity index (χ3v) is 5.96. The fourth-order valence-electron chi connectivity index (χ4n) is 3.47. The lowest BCUT2D eigenvalue weighted by atomic mass is 10.1. The quantitative estimate of drug-likeness (QED) is 0.449. The van der Waals surface area contributed by atoms with Gasteiger partial charge < -0.3 is 9.64 Å². The SMILES string of the molecule is O=C(NNc1ccccc1OCc1ccc(Cl)c(Cl)c1)[C@H]1CC(=O)N(c2ccc(F)cc2)C1. The van der Waals surface area contributed by atoms with Crippen LogP contribution >= 0.6 is 23.2 Å². The molecule has 0 saturated carbocycles. The number of para-hydroxylation sites is 2. The number of carbonyl (C=O) groups is 2. The molecule has 0 aromatic heterocycles. The highest BCUT2D eigenvalue weighted by molar-refractivity contribution is 6.42. The zero-order valence-electron chi connectivity index (χ0n) is 17.4. The molecule has 0 radical (unpaired) electrons. The molecule has 1 heterocycles. The van der Waals surface area contributed by atoms with Crippen LogP contribution in [-0.4, -0.2) is 18.4 Å². The number of hydrogen-bond acceptors (Lipinski definition) is 4. The minimum atomic E-state index is -0.542. The molecule has 1 fully saturated rings. The van der Waals surface area contributed by atoms with Crippen molar-refractivity contribution in [3.8, 4) is 5.75 Å². The molecule has 1 atom stereocenters. The molecule has 1 aliphatic heterocycles. The van der Waals surface area contributed by atoms with Gasteiger partial charge in [0.15, 0.2) is 0 Å². The molecule has 33 heavy (non-hydrogen) atoms. The fourth-order valence-corrected chi connectivity index (χ4v) is 3.79. The molecule has 0 aliphatic carbocycles. The maximum absolute atomic E-state index is 13.2. The summed E-state index contributed by atoms with van der Waals surface area (Å²) in [5.41, 5.74) is 7.49. The van der Waals surface area contributed by atoms with Crippen LogP contribution in [0.2, 0.25) is 10.0 Å². The molecular weight excluding hydrogens is 468 g/mol. The van der Waals surface area contributed by atoms with Crippen LogP contribution in [0, 0.1) is 11.7 Å². The fraction of sp³-hybridized carbons (Fsp3) is 0.167. The van der Waals surface area contributed by atoms with E-state index in [0.717, 1.165) is 5.56 Å². The van der Waals surface area contributed by atoms with Crippen LogP contribution in [-0.2, 0) is 16.2 Å². The number of nitrogens with zero attached hydrogens (tertiary/aromatic N) is 1. The second-order valence-electron chi connectivity index (χ2n) is 7.53. The summed E-state index contributed by atoms with van der Waals surface area (Å²) in [5, 5.41) is 0.908. The molecule has 170 valence electrons. The maximum atomic E-state index is 13.2. The minimum Gasteiger partial charge on any atom is -0.487 e. The lowest BCUT2D eigenvalue weighted by Gasteiger charge is -2.17. The van der Waals surface area contributed by atoms with Gasteiger partial charge in [0, 0.05) is 18.7 Å². The number of amides is 2. The number of hydrogen-bond donors (Lipinski definition) is 2. The number of ether oxygens (including phenoxy) is 1. The van der Waals surface area contributed by atoms with E-state index in [-0.39, 0.29) is 37.2 Å². The molecule has 1 saturated heterocycles. The average Bonchev–Trinajstić information content (AvgIpc) is 3.21. The Bertz CT molecular complexity index is 1170. The molecule has 6 nitrogen and oxygen atoms in total. The zero-order valence-corrected chi connectivity index (χ0v) is 18.9. The number of carbonyl (C=O) groups excluding carboxylic acids is 2. The summed E-state index contributed by atoms with van der Waals surface area (Å²) in [4.78, 5) is 26.5. The molecule has 3 aromatic carbocycles. The number of benzene rings is 3. The number of hydrazine groups is 1. The highest BCUT2D eigenvalue weighted by atomic mass is 35.5. The van der Waals surface area contributed by atoms with Gasteiger partial charge in [0.05, 0.1) is 21.7 Å². The van der Waals surface area contributed by atoms with Crippen LogP contribution in [0.5, 0.6) is 5.75 Å². The van der Waals surface area contributed by atoms with E-state index in [1.807, 2.05) is 12.1 Å². The third kappa shape index (κ3) is 5.56. The zero-order chi connectivity index (χ0) is 23.4. The van der Waals surface area contributed by atoms with Crippen molar-refractivity contribution in [2.75, 3.05) is 16.9 Å². The lowest BCUT2D eigenvalue weighted by molar-refractivity contribution is -0.125. The summed E-state index contributed by atoms with van der Waals surface area (Å²) >= 11 is 12.0. The van der Waals surface area contributed by atoms with E-state index < -0.39 is 5.92 Å². The van der Waals surface area contributed by atoms with E-state index >= 15 is 0 Å². The van der Waals surface area contributed by atoms with Gasteiger partial charge in [-0.05, 0) is 54.1 Å². The standard InChI is InChI=1S/C24H20Cl2FN3O3/c25-19-10-5-15(11-20(19)26)14-33-22-4-2-1-3-21(22)28-29-24(32)16-12-23(31)30(13-16)18-8-6-17(27)7-9-18/h1-11,16,28H,12-14H2,(H,29,32)/t16-/m0/s1. The van der Waals surface area contributed by atoms with E-state index in [9.17, 15) is 14.0 Å². The first-order chi connectivity index (χ1) is 15.9. The number of halogens is 3. The third-order valence-electron chi connectivity index (χ3n) is 5.22. The van der Waals surface area contributed by atoms with Crippen molar-refractivity contribution in [1.29, 1.82) is 0 Å². The van der Waals surface area contributed by atoms with Crippen molar-refractivity contribution >= 4 is 46.4 Å². The molecule has 3 aromatic rings. The Morgan fingerprint density at radius 1 is 1.06 bits per heavy atom. The Morgan fingerprint density at radius 2 is 1.82 bits per heavy atom. The Kier molecular flexibility index (Phi) is 7.01. The van der Waals surface area contributed by atoms with Crippen molar-refractivity contribution in [2.45, 2.75) is 13.0 Å². The highest BCUT2D eigenvalue weighted by Crippen LogP contribution is 2.28. The van der Waals surface area contributed by atoms with E-state index in [1.165, 1.54) is 29.2 Å². The lowest BCUT2D eigenvalue weighted by Crippen LogP contribution is -2.36. The largest absolute Gasteiger partial charge is 0.487 e. The summed E-state index contributed by atoms with van der Waals surface area (Å²) in [7, 11) is 0. The van der Waals surface area contributed by atoms with Gasteiger partial charge in [-0.3, -0.25) is 20.4 Å². The topological polar surface area (TPSA) is 70.7 Å². The monoisotopic (exact) mass is 487 g/mol. The van der Waals surface area contributed by atoms with Gasteiger partial charge in [0.1, 0.15) is 18.2 Å². The van der Waals surface area contributed by atoms with Crippen LogP contribution < -0.4 is 20.5 Å². The van der Waals surface area contributed by atoms with E-state index in [0.29, 0.717) is 27.2 Å². The van der Waals surface area contributed by atoms with Crippen LogP contribution in [0.3, 0.4) is 0 Å². The summed E-state index contributed by atoms with van der Waals surface area (Å²) in [5.74, 6) is -0.915. The first kappa shape index (κ1) is 22.9. The molecule has 2 amide bonds. The van der Waals surface area contributed by atoms with Gasteiger partial charge in [0.25, 0.3) is 0 Å².